The van der Waals surface area contributed by atoms with Crippen LogP contribution in [0, 0.1) is 0 Å². The van der Waals surface area contributed by atoms with Crippen LogP contribution in [0.5, 0.6) is 0 Å². The Balaban J connectivity index is 1.73. The largest absolute Gasteiger partial charge is 0.461 e. The molecule has 1 fully saturated rings. The number of amides is 4. The van der Waals surface area contributed by atoms with Crippen molar-refractivity contribution in [2.75, 3.05) is 17.9 Å². The molecule has 4 amide bonds. The molecule has 4 rings (SSSR count). The number of nitrogens with one attached hydrogen (secondary N) is 1. The third-order valence-electron chi connectivity index (χ3n) is 6.54. The average molecular weight is 479 g/mol. The number of benzene rings is 1. The van der Waals surface area contributed by atoms with E-state index < -0.39 is 47.2 Å². The Morgan fingerprint density at radius 3 is 2.61 bits per heavy atom. The summed E-state index contributed by atoms with van der Waals surface area (Å²) in [5.41, 5.74) is 2.11. The van der Waals surface area contributed by atoms with E-state index >= 15 is 0 Å². The van der Waals surface area contributed by atoms with E-state index in [0.717, 1.165) is 51.6 Å². The molecule has 178 valence electrons. The highest BCUT2D eigenvalue weighted by atomic mass is 32.2. The molecule has 1 aromatic carbocycles. The number of anilines is 1. The van der Waals surface area contributed by atoms with Gasteiger partial charge in [-0.1, -0.05) is 0 Å². The summed E-state index contributed by atoms with van der Waals surface area (Å²) in [6, 6.07) is 2.68. The number of imide groups is 1. The fraction of sp³-hybridized carbons (Fsp3) is 0.476. The van der Waals surface area contributed by atoms with Crippen molar-refractivity contribution in [3.63, 3.8) is 0 Å². The zero-order valence-corrected chi connectivity index (χ0v) is 19.3. The first kappa shape index (κ1) is 23.2. The van der Waals surface area contributed by atoms with Crippen molar-refractivity contribution >= 4 is 45.8 Å². The van der Waals surface area contributed by atoms with Gasteiger partial charge in [0.25, 0.3) is 23.1 Å². The summed E-state index contributed by atoms with van der Waals surface area (Å²) >= 11 is -2.73. The molecule has 1 saturated heterocycles. The second-order valence-electron chi connectivity index (χ2n) is 8.76. The molecule has 2 aliphatic rings. The van der Waals surface area contributed by atoms with Gasteiger partial charge < -0.3 is 9.32 Å². The molecule has 2 aromatic rings. The van der Waals surface area contributed by atoms with Crippen molar-refractivity contribution in [3.05, 3.63) is 29.5 Å². The van der Waals surface area contributed by atoms with Crippen LogP contribution in [0.4, 0.5) is 10.5 Å². The number of furan rings is 1. The molecule has 11 nitrogen and oxygen atoms in total. The summed E-state index contributed by atoms with van der Waals surface area (Å²) in [4.78, 5) is 40.1. The van der Waals surface area contributed by atoms with Gasteiger partial charge in [-0.2, -0.15) is 0 Å². The summed E-state index contributed by atoms with van der Waals surface area (Å²) in [7, 11) is 1.45. The fourth-order valence-electron chi connectivity index (χ4n) is 4.42. The lowest BCUT2D eigenvalue weighted by Gasteiger charge is -2.30. The van der Waals surface area contributed by atoms with Crippen molar-refractivity contribution in [2.45, 2.75) is 51.1 Å². The summed E-state index contributed by atoms with van der Waals surface area (Å²) < 4.78 is 29.2. The number of hydrogen-bond donors (Lipinski definition) is 3. The molecule has 2 heterocycles. The van der Waals surface area contributed by atoms with Gasteiger partial charge in [-0.05, 0) is 45.2 Å². The number of aryl methyl sites for hydroxylation is 2. The van der Waals surface area contributed by atoms with Crippen molar-refractivity contribution in [1.82, 2.24) is 15.3 Å². The normalized spacial score (nSPS) is 19.5. The lowest BCUT2D eigenvalue weighted by molar-refractivity contribution is -0.133. The SMILES string of the molecule is CN1C(=O)N(CC(C(=O)NO)N(c2ccc3c4c(oc3c2)CCCC4)S(=O)O)C(=O)C1(C)C. The molecule has 0 spiro atoms. The quantitative estimate of drug-likeness (QED) is 0.249. The van der Waals surface area contributed by atoms with E-state index in [0.29, 0.717) is 5.58 Å². The molecule has 0 saturated carbocycles. The predicted molar refractivity (Wildman–Crippen MR) is 119 cm³/mol. The van der Waals surface area contributed by atoms with Crippen molar-refractivity contribution in [1.29, 1.82) is 0 Å². The van der Waals surface area contributed by atoms with Crippen LogP contribution in [-0.4, -0.2) is 66.8 Å². The zero-order chi connectivity index (χ0) is 24.1. The molecule has 3 N–H and O–H groups in total. The van der Waals surface area contributed by atoms with Gasteiger partial charge in [0.15, 0.2) is 0 Å². The topological polar surface area (TPSA) is 144 Å². The lowest BCUT2D eigenvalue weighted by Crippen LogP contribution is -2.54. The second kappa shape index (κ2) is 8.43. The van der Waals surface area contributed by atoms with Crippen LogP contribution < -0.4 is 9.79 Å². The Morgan fingerprint density at radius 2 is 2.00 bits per heavy atom. The summed E-state index contributed by atoms with van der Waals surface area (Å²) in [5.74, 6) is -0.735. The number of hydroxylamine groups is 1. The minimum atomic E-state index is -2.73. The predicted octanol–water partition coefficient (Wildman–Crippen LogP) is 1.80. The van der Waals surface area contributed by atoms with Crippen molar-refractivity contribution < 1.29 is 32.8 Å². The first-order chi connectivity index (χ1) is 15.6. The van der Waals surface area contributed by atoms with Gasteiger partial charge in [0.2, 0.25) is 0 Å². The number of rotatable bonds is 6. The molecule has 1 aliphatic heterocycles. The van der Waals surface area contributed by atoms with E-state index in [2.05, 4.69) is 0 Å². The maximum atomic E-state index is 12.8. The van der Waals surface area contributed by atoms with Crippen LogP contribution in [0.1, 0.15) is 38.0 Å². The highest BCUT2D eigenvalue weighted by Gasteiger charge is 2.51. The summed E-state index contributed by atoms with van der Waals surface area (Å²) in [6.45, 7) is 2.57. The third kappa shape index (κ3) is 3.77. The number of urea groups is 1. The molecular formula is C21H26N4O7S. The molecule has 2 atom stereocenters. The van der Waals surface area contributed by atoms with Gasteiger partial charge in [-0.3, -0.25) is 28.6 Å². The summed E-state index contributed by atoms with van der Waals surface area (Å²) in [6.07, 6.45) is 3.77. The number of likely N-dealkylation sites (N-methyl/N-ethyl adjacent to an activating group) is 1. The maximum Gasteiger partial charge on any atom is 0.327 e. The Kier molecular flexibility index (Phi) is 5.93. The van der Waals surface area contributed by atoms with E-state index in [4.69, 9.17) is 4.42 Å². The number of fused-ring (bicyclic) bond motifs is 3. The van der Waals surface area contributed by atoms with E-state index in [-0.39, 0.29) is 5.69 Å². The van der Waals surface area contributed by atoms with E-state index in [1.165, 1.54) is 17.4 Å². The number of nitrogens with zero attached hydrogens (tertiary/aromatic N) is 3. The molecule has 33 heavy (non-hydrogen) atoms. The number of hydrogen-bond acceptors (Lipinski definition) is 6. The van der Waals surface area contributed by atoms with Gasteiger partial charge in [-0.25, -0.2) is 14.5 Å². The first-order valence-electron chi connectivity index (χ1n) is 10.6. The van der Waals surface area contributed by atoms with Crippen molar-refractivity contribution in [2.24, 2.45) is 0 Å². The van der Waals surface area contributed by atoms with E-state index in [1.807, 2.05) is 0 Å². The van der Waals surface area contributed by atoms with Gasteiger partial charge in [0, 0.05) is 30.5 Å². The summed E-state index contributed by atoms with van der Waals surface area (Å²) in [5, 5.41) is 10.2. The van der Waals surface area contributed by atoms with Gasteiger partial charge in [0.05, 0.1) is 12.2 Å². The van der Waals surface area contributed by atoms with E-state index in [9.17, 15) is 28.4 Å². The molecule has 0 radical (unpaired) electrons. The fourth-order valence-corrected chi connectivity index (χ4v) is 5.10. The molecular weight excluding hydrogens is 452 g/mol. The molecule has 1 aliphatic carbocycles. The Labute approximate surface area is 192 Å². The van der Waals surface area contributed by atoms with Crippen LogP contribution in [-0.2, 0) is 33.7 Å². The Hall–Kier alpha value is -2.96. The minimum absolute atomic E-state index is 0.162. The van der Waals surface area contributed by atoms with E-state index in [1.54, 1.807) is 32.0 Å². The third-order valence-corrected chi connectivity index (χ3v) is 7.34. The average Bonchev–Trinajstić information content (AvgIpc) is 3.22. The Morgan fingerprint density at radius 1 is 1.30 bits per heavy atom. The van der Waals surface area contributed by atoms with Crippen LogP contribution in [0.25, 0.3) is 11.0 Å². The van der Waals surface area contributed by atoms with Gasteiger partial charge in [0.1, 0.15) is 22.9 Å². The maximum absolute atomic E-state index is 12.8. The molecule has 1 aromatic heterocycles. The highest BCUT2D eigenvalue weighted by molar-refractivity contribution is 7.80. The minimum Gasteiger partial charge on any atom is -0.461 e. The van der Waals surface area contributed by atoms with Crippen LogP contribution in [0.15, 0.2) is 22.6 Å². The van der Waals surface area contributed by atoms with Crippen LogP contribution in [0.2, 0.25) is 0 Å². The molecule has 0 bridgehead atoms. The number of carbonyl (C=O) groups is 3. The molecule has 2 unspecified atom stereocenters. The van der Waals surface area contributed by atoms with Crippen LogP contribution in [0.3, 0.4) is 0 Å². The second-order valence-corrected chi connectivity index (χ2v) is 9.61. The standard InChI is InChI=1S/C21H26N4O7S/c1-21(2)19(27)24(20(28)23(21)3)11-15(18(26)22-29)25(33(30)31)12-8-9-14-13-6-4-5-7-16(13)32-17(14)10-12/h8-10,15,29H,4-7,11H2,1-3H3,(H,22,26)(H,30,31). The highest BCUT2D eigenvalue weighted by Crippen LogP contribution is 2.35. The smallest absolute Gasteiger partial charge is 0.327 e. The zero-order valence-electron chi connectivity index (χ0n) is 18.5. The van der Waals surface area contributed by atoms with Crippen molar-refractivity contribution in [3.8, 4) is 0 Å². The Bertz CT molecular complexity index is 1160. The molecule has 12 heteroatoms. The van der Waals surface area contributed by atoms with Crippen LogP contribution >= 0.6 is 0 Å². The first-order valence-corrected chi connectivity index (χ1v) is 11.6. The lowest BCUT2D eigenvalue weighted by atomic mass is 9.96. The monoisotopic (exact) mass is 478 g/mol. The van der Waals surface area contributed by atoms with Gasteiger partial charge in [-0.15, -0.1) is 0 Å². The van der Waals surface area contributed by atoms with Gasteiger partial charge >= 0.3 is 6.03 Å². The number of carbonyl (C=O) groups excluding carboxylic acids is 3.